The quantitative estimate of drug-likeness (QED) is 0.667. The first-order valence-electron chi connectivity index (χ1n) is 4.83. The van der Waals surface area contributed by atoms with Crippen LogP contribution in [0.3, 0.4) is 0 Å². The smallest absolute Gasteiger partial charge is 0.148 e. The van der Waals surface area contributed by atoms with E-state index in [1.165, 1.54) is 5.20 Å². The molecule has 0 atom stereocenters. The predicted molar refractivity (Wildman–Crippen MR) is 61.9 cm³/mol. The van der Waals surface area contributed by atoms with Crippen LogP contribution in [0.2, 0.25) is 13.1 Å². The van der Waals surface area contributed by atoms with E-state index in [0.717, 1.165) is 0 Å². The van der Waals surface area contributed by atoms with Gasteiger partial charge in [-0.05, 0) is 20.8 Å². The van der Waals surface area contributed by atoms with E-state index in [0.29, 0.717) is 0 Å². The lowest BCUT2D eigenvalue weighted by atomic mass is 10.1. The summed E-state index contributed by atoms with van der Waals surface area (Å²) in [4.78, 5) is 3.74. The summed E-state index contributed by atoms with van der Waals surface area (Å²) in [6.45, 7) is 11.4. The SMILES string of the molecule is CC(C)(C)N[Si](C)(C)C1=CC=C[CH]1. The molecule has 0 saturated heterocycles. The highest BCUT2D eigenvalue weighted by molar-refractivity contribution is 6.82. The van der Waals surface area contributed by atoms with Crippen molar-refractivity contribution in [1.82, 2.24) is 4.98 Å². The van der Waals surface area contributed by atoms with Crippen molar-refractivity contribution in [1.29, 1.82) is 0 Å². The lowest BCUT2D eigenvalue weighted by Crippen LogP contribution is -2.55. The van der Waals surface area contributed by atoms with Crippen LogP contribution in [-0.2, 0) is 0 Å². The molecule has 0 saturated carbocycles. The second-order valence-electron chi connectivity index (χ2n) is 5.17. The maximum atomic E-state index is 3.74. The number of hydrogen-bond acceptors (Lipinski definition) is 1. The summed E-state index contributed by atoms with van der Waals surface area (Å²) in [5.41, 5.74) is 0.215. The highest BCUT2D eigenvalue weighted by atomic mass is 28.3. The van der Waals surface area contributed by atoms with Gasteiger partial charge in [-0.15, -0.1) is 0 Å². The Balaban J connectivity index is 2.66. The number of hydrogen-bond donors (Lipinski definition) is 1. The summed E-state index contributed by atoms with van der Waals surface area (Å²) in [5.74, 6) is 0. The van der Waals surface area contributed by atoms with Crippen molar-refractivity contribution in [2.24, 2.45) is 0 Å². The molecule has 0 aliphatic heterocycles. The van der Waals surface area contributed by atoms with Crippen LogP contribution in [0.25, 0.3) is 0 Å². The topological polar surface area (TPSA) is 12.0 Å². The first-order valence-corrected chi connectivity index (χ1v) is 7.83. The fraction of sp³-hybridized carbons (Fsp3) is 0.545. The molecule has 2 heteroatoms. The zero-order chi connectivity index (χ0) is 10.1. The van der Waals surface area contributed by atoms with Gasteiger partial charge in [-0.1, -0.05) is 36.5 Å². The Morgan fingerprint density at radius 3 is 2.15 bits per heavy atom. The Bertz CT molecular complexity index is 243. The van der Waals surface area contributed by atoms with Gasteiger partial charge in [-0.3, -0.25) is 0 Å². The van der Waals surface area contributed by atoms with Crippen molar-refractivity contribution >= 4 is 8.24 Å². The van der Waals surface area contributed by atoms with Crippen LogP contribution in [0.1, 0.15) is 20.8 Å². The molecule has 1 aliphatic rings. The van der Waals surface area contributed by atoms with Crippen molar-refractivity contribution in [2.45, 2.75) is 39.4 Å². The van der Waals surface area contributed by atoms with E-state index in [9.17, 15) is 0 Å². The number of rotatable bonds is 2. The standard InChI is InChI=1S/C11H20NSi/c1-11(2,3)12-13(4,5)10-8-6-7-9-10/h6-9,12H,1-5H3. The zero-order valence-electron chi connectivity index (χ0n) is 9.31. The predicted octanol–water partition coefficient (Wildman–Crippen LogP) is 2.82. The summed E-state index contributed by atoms with van der Waals surface area (Å²) < 4.78 is 0. The summed E-state index contributed by atoms with van der Waals surface area (Å²) in [7, 11) is -1.41. The van der Waals surface area contributed by atoms with Gasteiger partial charge >= 0.3 is 0 Å². The van der Waals surface area contributed by atoms with Crippen molar-refractivity contribution in [2.75, 3.05) is 0 Å². The van der Waals surface area contributed by atoms with Gasteiger partial charge in [0, 0.05) is 12.0 Å². The molecule has 0 aromatic carbocycles. The average molecular weight is 194 g/mol. The summed E-state index contributed by atoms with van der Waals surface area (Å²) >= 11 is 0. The van der Waals surface area contributed by atoms with E-state index < -0.39 is 8.24 Å². The van der Waals surface area contributed by atoms with Crippen molar-refractivity contribution in [3.8, 4) is 0 Å². The fourth-order valence-corrected chi connectivity index (χ4v) is 4.85. The van der Waals surface area contributed by atoms with Gasteiger partial charge in [0.15, 0.2) is 0 Å². The molecule has 73 valence electrons. The minimum atomic E-state index is -1.41. The minimum Gasteiger partial charge on any atom is -0.329 e. The molecule has 0 aromatic rings. The van der Waals surface area contributed by atoms with Gasteiger partial charge < -0.3 is 4.98 Å². The van der Waals surface area contributed by atoms with Crippen LogP contribution >= 0.6 is 0 Å². The van der Waals surface area contributed by atoms with Crippen LogP contribution in [0.4, 0.5) is 0 Å². The monoisotopic (exact) mass is 194 g/mol. The van der Waals surface area contributed by atoms with Crippen LogP contribution in [-0.4, -0.2) is 13.8 Å². The second-order valence-corrected chi connectivity index (χ2v) is 9.25. The molecule has 1 aliphatic carbocycles. The molecule has 0 fully saturated rings. The Morgan fingerprint density at radius 2 is 1.77 bits per heavy atom. The summed E-state index contributed by atoms with van der Waals surface area (Å²) in [6.07, 6.45) is 8.69. The Hall–Kier alpha value is -0.343. The minimum absolute atomic E-state index is 0.215. The van der Waals surface area contributed by atoms with E-state index in [2.05, 4.69) is 63.5 Å². The third kappa shape index (κ3) is 3.12. The third-order valence-electron chi connectivity index (χ3n) is 2.07. The molecule has 0 amide bonds. The van der Waals surface area contributed by atoms with E-state index in [-0.39, 0.29) is 5.54 Å². The molecular weight excluding hydrogens is 174 g/mol. The molecule has 1 N–H and O–H groups in total. The molecule has 1 radical (unpaired) electrons. The van der Waals surface area contributed by atoms with Crippen molar-refractivity contribution in [3.63, 3.8) is 0 Å². The van der Waals surface area contributed by atoms with E-state index in [1.54, 1.807) is 0 Å². The lowest BCUT2D eigenvalue weighted by molar-refractivity contribution is 0.514. The van der Waals surface area contributed by atoms with Crippen LogP contribution in [0, 0.1) is 6.42 Å². The Labute approximate surface area is 83.0 Å². The van der Waals surface area contributed by atoms with Crippen molar-refractivity contribution < 1.29 is 0 Å². The first-order chi connectivity index (χ1) is 5.81. The molecule has 0 aromatic heterocycles. The molecule has 1 rings (SSSR count). The zero-order valence-corrected chi connectivity index (χ0v) is 10.3. The van der Waals surface area contributed by atoms with Gasteiger partial charge in [-0.25, -0.2) is 0 Å². The van der Waals surface area contributed by atoms with Crippen LogP contribution < -0.4 is 4.98 Å². The molecule has 0 bridgehead atoms. The highest BCUT2D eigenvalue weighted by Gasteiger charge is 2.30. The first kappa shape index (κ1) is 10.7. The molecule has 13 heavy (non-hydrogen) atoms. The highest BCUT2D eigenvalue weighted by Crippen LogP contribution is 2.21. The van der Waals surface area contributed by atoms with Crippen molar-refractivity contribution in [3.05, 3.63) is 29.8 Å². The summed E-state index contributed by atoms with van der Waals surface area (Å²) in [6, 6.07) is 0. The van der Waals surface area contributed by atoms with Crippen LogP contribution in [0.5, 0.6) is 0 Å². The molecular formula is C11H20NSi. The second kappa shape index (κ2) is 3.43. The van der Waals surface area contributed by atoms with E-state index in [1.807, 2.05) is 0 Å². The molecule has 0 unspecified atom stereocenters. The Kier molecular flexibility index (Phi) is 2.83. The van der Waals surface area contributed by atoms with Gasteiger partial charge in [0.2, 0.25) is 0 Å². The van der Waals surface area contributed by atoms with Gasteiger partial charge in [0.1, 0.15) is 8.24 Å². The van der Waals surface area contributed by atoms with Gasteiger partial charge in [0.05, 0.1) is 0 Å². The third-order valence-corrected chi connectivity index (χ3v) is 5.22. The van der Waals surface area contributed by atoms with Gasteiger partial charge in [0.25, 0.3) is 0 Å². The van der Waals surface area contributed by atoms with E-state index in [4.69, 9.17) is 0 Å². The number of nitrogens with one attached hydrogen (secondary N) is 1. The Morgan fingerprint density at radius 1 is 1.15 bits per heavy atom. The summed E-state index contributed by atoms with van der Waals surface area (Å²) in [5, 5.41) is 1.49. The average Bonchev–Trinajstić information content (AvgIpc) is 2.29. The normalized spacial score (nSPS) is 17.8. The van der Waals surface area contributed by atoms with E-state index >= 15 is 0 Å². The number of allylic oxidation sites excluding steroid dienone is 4. The molecule has 0 spiro atoms. The van der Waals surface area contributed by atoms with Gasteiger partial charge in [-0.2, -0.15) is 0 Å². The maximum absolute atomic E-state index is 3.74. The maximum Gasteiger partial charge on any atom is 0.148 e. The lowest BCUT2D eigenvalue weighted by Gasteiger charge is -2.34. The fourth-order valence-electron chi connectivity index (χ4n) is 1.80. The molecule has 0 heterocycles. The molecule has 1 nitrogen and oxygen atoms in total. The van der Waals surface area contributed by atoms with Crippen LogP contribution in [0.15, 0.2) is 23.4 Å². The largest absolute Gasteiger partial charge is 0.329 e.